The Kier molecular flexibility index (Phi) is 8.63. The molecule has 44 heavy (non-hydrogen) atoms. The maximum absolute atomic E-state index is 13.2. The van der Waals surface area contributed by atoms with E-state index in [1.54, 1.807) is 41.4 Å². The molecule has 4 aromatic rings. The predicted octanol–water partition coefficient (Wildman–Crippen LogP) is 4.24. The Morgan fingerprint density at radius 2 is 1.89 bits per heavy atom. The van der Waals surface area contributed by atoms with Gasteiger partial charge in [-0.15, -0.1) is 0 Å². The zero-order valence-electron chi connectivity index (χ0n) is 24.7. The Bertz CT molecular complexity index is 1720. The van der Waals surface area contributed by atoms with Gasteiger partial charge in [0.15, 0.2) is 0 Å². The van der Waals surface area contributed by atoms with Crippen molar-refractivity contribution >= 4 is 40.0 Å². The van der Waals surface area contributed by atoms with Crippen molar-refractivity contribution in [3.63, 3.8) is 0 Å². The summed E-state index contributed by atoms with van der Waals surface area (Å²) in [6.45, 7) is 13.5. The van der Waals surface area contributed by atoms with E-state index in [0.29, 0.717) is 41.7 Å². The second-order valence-electron chi connectivity index (χ2n) is 11.2. The number of hydrogen-bond donors (Lipinski definition) is 3. The molecule has 0 bridgehead atoms. The van der Waals surface area contributed by atoms with Gasteiger partial charge in [-0.3, -0.25) is 14.5 Å². The molecule has 2 aromatic heterocycles. The normalized spacial score (nSPS) is 17.6. The lowest BCUT2D eigenvalue weighted by Gasteiger charge is -2.31. The van der Waals surface area contributed by atoms with Gasteiger partial charge in [-0.25, -0.2) is 14.8 Å². The van der Waals surface area contributed by atoms with Gasteiger partial charge < -0.3 is 25.4 Å². The lowest BCUT2D eigenvalue weighted by atomic mass is 10.1. The number of para-hydroxylation sites is 1. The lowest BCUT2D eigenvalue weighted by Crippen LogP contribution is -2.44. The van der Waals surface area contributed by atoms with Crippen LogP contribution in [-0.2, 0) is 4.79 Å². The SMILES string of the molecule is [C-]#[N+]c1cnc(N[C@@H]2CCN(C(=O)c3ccc(NC(=O)/C=C/CN4CCN(C)CC4)cc3)C2)nc1-c1c[nH]c2ccccc12. The first-order chi connectivity index (χ1) is 21.5. The summed E-state index contributed by atoms with van der Waals surface area (Å²) in [6, 6.07) is 14.9. The average molecular weight is 590 g/mol. The van der Waals surface area contributed by atoms with E-state index in [1.807, 2.05) is 36.5 Å². The first-order valence-electron chi connectivity index (χ1n) is 14.8. The summed E-state index contributed by atoms with van der Waals surface area (Å²) in [4.78, 5) is 48.0. The summed E-state index contributed by atoms with van der Waals surface area (Å²) in [5.74, 6) is 0.170. The maximum Gasteiger partial charge on any atom is 0.253 e. The third-order valence-corrected chi connectivity index (χ3v) is 8.17. The van der Waals surface area contributed by atoms with Crippen molar-refractivity contribution in [3.8, 4) is 11.3 Å². The van der Waals surface area contributed by atoms with E-state index in [4.69, 9.17) is 11.6 Å². The number of likely N-dealkylation sites (tertiary alicyclic amines) is 1. The van der Waals surface area contributed by atoms with Crippen LogP contribution in [0.2, 0.25) is 0 Å². The van der Waals surface area contributed by atoms with E-state index in [1.165, 1.54) is 0 Å². The largest absolute Gasteiger partial charge is 0.361 e. The van der Waals surface area contributed by atoms with Gasteiger partial charge in [-0.2, -0.15) is 0 Å². The molecule has 2 saturated heterocycles. The number of benzene rings is 2. The molecule has 2 aliphatic rings. The number of hydrogen-bond acceptors (Lipinski definition) is 7. The molecule has 4 heterocycles. The molecule has 0 saturated carbocycles. The molecule has 3 N–H and O–H groups in total. The monoisotopic (exact) mass is 589 g/mol. The number of anilines is 2. The minimum absolute atomic E-state index is 0.0234. The van der Waals surface area contributed by atoms with Gasteiger partial charge in [-0.05, 0) is 43.8 Å². The van der Waals surface area contributed by atoms with Gasteiger partial charge in [0, 0.05) is 98.0 Å². The minimum atomic E-state index is -0.189. The van der Waals surface area contributed by atoms with Gasteiger partial charge in [0.1, 0.15) is 0 Å². The molecule has 2 aromatic carbocycles. The molecule has 11 nitrogen and oxygen atoms in total. The van der Waals surface area contributed by atoms with E-state index >= 15 is 0 Å². The third kappa shape index (κ3) is 6.62. The standard InChI is InChI=1S/C33H35N9O2/c1-34-29-21-36-33(39-31(29)27-20-35-28-7-4-3-6-26(27)28)38-25-13-15-42(22-25)32(44)23-9-11-24(12-10-23)37-30(43)8-5-14-41-18-16-40(2)17-19-41/h3-12,20-21,25,35H,13-19,22H2,2H3,(H,37,43)(H,36,38,39)/b8-5+/t25-/m1/s1. The number of amides is 2. The Morgan fingerprint density at radius 3 is 2.68 bits per heavy atom. The van der Waals surface area contributed by atoms with Crippen molar-refractivity contribution in [1.82, 2.24) is 29.7 Å². The number of rotatable bonds is 8. The highest BCUT2D eigenvalue weighted by Crippen LogP contribution is 2.34. The number of carbonyl (C=O) groups excluding carboxylic acids is 2. The predicted molar refractivity (Wildman–Crippen MR) is 172 cm³/mol. The fourth-order valence-electron chi connectivity index (χ4n) is 5.64. The van der Waals surface area contributed by atoms with Gasteiger partial charge in [0.25, 0.3) is 5.91 Å². The Labute approximate surface area is 256 Å². The number of nitrogens with one attached hydrogen (secondary N) is 3. The van der Waals surface area contributed by atoms with Crippen molar-refractivity contribution in [3.05, 3.63) is 90.1 Å². The molecule has 11 heteroatoms. The van der Waals surface area contributed by atoms with Crippen molar-refractivity contribution in [2.45, 2.75) is 12.5 Å². The first kappa shape index (κ1) is 29.0. The molecule has 224 valence electrons. The topological polar surface area (TPSA) is 114 Å². The first-order valence-corrected chi connectivity index (χ1v) is 14.8. The van der Waals surface area contributed by atoms with Gasteiger partial charge >= 0.3 is 0 Å². The van der Waals surface area contributed by atoms with Crippen LogP contribution in [-0.4, -0.2) is 100 Å². The fraction of sp³-hybridized carbons (Fsp3) is 0.303. The summed E-state index contributed by atoms with van der Waals surface area (Å²) in [7, 11) is 2.12. The lowest BCUT2D eigenvalue weighted by molar-refractivity contribution is -0.111. The maximum atomic E-state index is 13.2. The highest BCUT2D eigenvalue weighted by Gasteiger charge is 2.28. The number of fused-ring (bicyclic) bond motifs is 1. The quantitative estimate of drug-likeness (QED) is 0.208. The zero-order chi connectivity index (χ0) is 30.5. The van der Waals surface area contributed by atoms with Crippen molar-refractivity contribution in [2.24, 2.45) is 0 Å². The molecular weight excluding hydrogens is 554 g/mol. The Hall–Kier alpha value is -5.05. The van der Waals surface area contributed by atoms with Crippen LogP contribution in [0, 0.1) is 6.57 Å². The summed E-state index contributed by atoms with van der Waals surface area (Å²) < 4.78 is 0. The molecular formula is C33H35N9O2. The number of piperazine rings is 1. The van der Waals surface area contributed by atoms with Crippen molar-refractivity contribution in [2.75, 3.05) is 63.5 Å². The van der Waals surface area contributed by atoms with Crippen molar-refractivity contribution < 1.29 is 9.59 Å². The second-order valence-corrected chi connectivity index (χ2v) is 11.2. The molecule has 2 fully saturated rings. The number of carbonyl (C=O) groups is 2. The van der Waals surface area contributed by atoms with Gasteiger partial charge in [0.05, 0.1) is 12.3 Å². The second kappa shape index (κ2) is 13.1. The van der Waals surface area contributed by atoms with E-state index in [2.05, 4.69) is 42.3 Å². The number of nitrogens with zero attached hydrogens (tertiary/aromatic N) is 6. The van der Waals surface area contributed by atoms with Crippen LogP contribution in [0.1, 0.15) is 16.8 Å². The smallest absolute Gasteiger partial charge is 0.253 e. The van der Waals surface area contributed by atoms with Crippen LogP contribution in [0.15, 0.2) is 73.1 Å². The van der Waals surface area contributed by atoms with E-state index < -0.39 is 0 Å². The molecule has 2 amide bonds. The Morgan fingerprint density at radius 1 is 1.09 bits per heavy atom. The highest BCUT2D eigenvalue weighted by atomic mass is 16.2. The van der Waals surface area contributed by atoms with E-state index in [9.17, 15) is 9.59 Å². The van der Waals surface area contributed by atoms with Crippen molar-refractivity contribution in [1.29, 1.82) is 0 Å². The van der Waals surface area contributed by atoms with E-state index in [0.717, 1.165) is 55.6 Å². The van der Waals surface area contributed by atoms with Crippen LogP contribution in [0.4, 0.5) is 17.3 Å². The number of aromatic amines is 1. The van der Waals surface area contributed by atoms with Crippen LogP contribution >= 0.6 is 0 Å². The molecule has 2 aliphatic heterocycles. The van der Waals surface area contributed by atoms with E-state index in [-0.39, 0.29) is 17.9 Å². The molecule has 0 spiro atoms. The van der Waals surface area contributed by atoms with Gasteiger partial charge in [0.2, 0.25) is 17.5 Å². The van der Waals surface area contributed by atoms with Crippen LogP contribution in [0.3, 0.4) is 0 Å². The molecule has 0 aliphatic carbocycles. The average Bonchev–Trinajstić information content (AvgIpc) is 3.69. The van der Waals surface area contributed by atoms with Crippen LogP contribution in [0.25, 0.3) is 27.0 Å². The minimum Gasteiger partial charge on any atom is -0.361 e. The fourth-order valence-corrected chi connectivity index (χ4v) is 5.64. The molecule has 0 unspecified atom stereocenters. The summed E-state index contributed by atoms with van der Waals surface area (Å²) in [5.41, 5.74) is 3.97. The summed E-state index contributed by atoms with van der Waals surface area (Å²) in [5, 5.41) is 7.22. The Balaban J connectivity index is 1.03. The summed E-state index contributed by atoms with van der Waals surface area (Å²) in [6.07, 6.45) is 7.61. The third-order valence-electron chi connectivity index (χ3n) is 8.17. The molecule has 0 radical (unpaired) electrons. The number of aromatic nitrogens is 3. The number of H-pyrrole nitrogens is 1. The van der Waals surface area contributed by atoms with Gasteiger partial charge in [-0.1, -0.05) is 24.3 Å². The van der Waals surface area contributed by atoms with Crippen LogP contribution < -0.4 is 10.6 Å². The van der Waals surface area contributed by atoms with Crippen LogP contribution in [0.5, 0.6) is 0 Å². The summed E-state index contributed by atoms with van der Waals surface area (Å²) >= 11 is 0. The molecule has 1 atom stereocenters. The highest BCUT2D eigenvalue weighted by molar-refractivity contribution is 6.00. The zero-order valence-corrected chi connectivity index (χ0v) is 24.7. The number of likely N-dealkylation sites (N-methyl/N-ethyl adjacent to an activating group) is 1. The molecule has 6 rings (SSSR count).